The number of hydrogen-bond acceptors (Lipinski definition) is 6. The first-order chi connectivity index (χ1) is 8.66. The smallest absolute Gasteiger partial charge is 0.385 e. The molecule has 0 aromatic heterocycles. The molecule has 0 bridgehead atoms. The highest BCUT2D eigenvalue weighted by Gasteiger charge is 2.56. The third-order valence-electron chi connectivity index (χ3n) is 2.99. The van der Waals surface area contributed by atoms with Crippen molar-refractivity contribution in [1.29, 1.82) is 0 Å². The third kappa shape index (κ3) is 4.46. The van der Waals surface area contributed by atoms with Gasteiger partial charge in [-0.2, -0.15) is 0 Å². The van der Waals surface area contributed by atoms with E-state index in [0.717, 1.165) is 6.92 Å². The maximum absolute atomic E-state index is 11.8. The number of nitrogens with zero attached hydrogens (tertiary/aromatic N) is 2. The van der Waals surface area contributed by atoms with E-state index in [1.165, 1.54) is 6.92 Å². The molecule has 8 heteroatoms. The first-order valence-corrected chi connectivity index (χ1v) is 6.09. The van der Waals surface area contributed by atoms with Gasteiger partial charge in [0.05, 0.1) is 6.61 Å². The number of carbonyl (C=O) groups excluding carboxylic acids is 1. The number of esters is 1. The second kappa shape index (κ2) is 7.01. The molecule has 0 N–H and O–H groups in total. The van der Waals surface area contributed by atoms with E-state index in [-0.39, 0.29) is 18.9 Å². The molecule has 0 aliphatic heterocycles. The van der Waals surface area contributed by atoms with Crippen molar-refractivity contribution in [1.82, 2.24) is 0 Å². The van der Waals surface area contributed by atoms with E-state index in [1.807, 2.05) is 0 Å². The lowest BCUT2D eigenvalue weighted by Crippen LogP contribution is -2.53. The van der Waals surface area contributed by atoms with E-state index >= 15 is 0 Å². The summed E-state index contributed by atoms with van der Waals surface area (Å²) in [5.74, 6) is -2.03. The summed E-state index contributed by atoms with van der Waals surface area (Å²) in [6, 6.07) is 0. The van der Waals surface area contributed by atoms with Gasteiger partial charge in [0.1, 0.15) is 5.92 Å². The summed E-state index contributed by atoms with van der Waals surface area (Å²) in [4.78, 5) is 32.3. The SMILES string of the molecule is CCOC(=O)[C@](C)([C@@H](CC(C)C)C[N+](=O)[O-])[N+](=O)[O-]. The summed E-state index contributed by atoms with van der Waals surface area (Å²) in [5.41, 5.74) is -2.09. The van der Waals surface area contributed by atoms with E-state index in [9.17, 15) is 25.0 Å². The minimum atomic E-state index is -2.09. The molecule has 0 amide bonds. The van der Waals surface area contributed by atoms with E-state index in [0.29, 0.717) is 0 Å². The fourth-order valence-corrected chi connectivity index (χ4v) is 1.90. The van der Waals surface area contributed by atoms with Gasteiger partial charge in [0.25, 0.3) is 0 Å². The molecule has 0 saturated heterocycles. The minimum absolute atomic E-state index is 0.00125. The molecule has 0 aromatic carbocycles. The first kappa shape index (κ1) is 17.3. The highest BCUT2D eigenvalue weighted by molar-refractivity contribution is 5.79. The number of ether oxygens (including phenoxy) is 1. The summed E-state index contributed by atoms with van der Waals surface area (Å²) in [5, 5.41) is 21.9. The molecule has 0 aliphatic carbocycles. The predicted molar refractivity (Wildman–Crippen MR) is 66.8 cm³/mol. The van der Waals surface area contributed by atoms with Crippen LogP contribution in [0.4, 0.5) is 0 Å². The molecule has 0 heterocycles. The molecule has 8 nitrogen and oxygen atoms in total. The monoisotopic (exact) mass is 276 g/mol. The summed E-state index contributed by atoms with van der Waals surface area (Å²) >= 11 is 0. The van der Waals surface area contributed by atoms with Crippen LogP contribution in [0, 0.1) is 32.1 Å². The van der Waals surface area contributed by atoms with E-state index < -0.39 is 33.8 Å². The van der Waals surface area contributed by atoms with Crippen LogP contribution in [-0.2, 0) is 9.53 Å². The standard InChI is InChI=1S/C11H20N2O6/c1-5-19-10(14)11(4,13(17)18)9(6-8(2)3)7-12(15)16/h8-9H,5-7H2,1-4H3/t9-,11-/m0/s1. The zero-order valence-electron chi connectivity index (χ0n) is 11.6. The van der Waals surface area contributed by atoms with Gasteiger partial charge in [-0.25, -0.2) is 4.79 Å². The van der Waals surface area contributed by atoms with Crippen LogP contribution in [0.3, 0.4) is 0 Å². The second-order valence-electron chi connectivity index (χ2n) is 4.97. The Morgan fingerprint density at radius 2 is 1.84 bits per heavy atom. The highest BCUT2D eigenvalue weighted by atomic mass is 16.6. The maximum atomic E-state index is 11.8. The fourth-order valence-electron chi connectivity index (χ4n) is 1.90. The Hall–Kier alpha value is -1.73. The number of nitro groups is 2. The van der Waals surface area contributed by atoms with Gasteiger partial charge in [0, 0.05) is 16.8 Å². The molecule has 19 heavy (non-hydrogen) atoms. The maximum Gasteiger partial charge on any atom is 0.385 e. The summed E-state index contributed by atoms with van der Waals surface area (Å²) in [6.07, 6.45) is 0.206. The van der Waals surface area contributed by atoms with E-state index in [1.54, 1.807) is 13.8 Å². The van der Waals surface area contributed by atoms with Crippen LogP contribution < -0.4 is 0 Å². The zero-order chi connectivity index (χ0) is 15.2. The highest BCUT2D eigenvalue weighted by Crippen LogP contribution is 2.29. The Kier molecular flexibility index (Phi) is 6.37. The quantitative estimate of drug-likeness (QED) is 0.377. The van der Waals surface area contributed by atoms with Crippen molar-refractivity contribution in [3.8, 4) is 0 Å². The minimum Gasteiger partial charge on any atom is -0.461 e. The summed E-state index contributed by atoms with van der Waals surface area (Å²) in [7, 11) is 0. The molecule has 0 aliphatic rings. The van der Waals surface area contributed by atoms with Crippen molar-refractivity contribution in [2.24, 2.45) is 11.8 Å². The van der Waals surface area contributed by atoms with Crippen molar-refractivity contribution in [3.63, 3.8) is 0 Å². The zero-order valence-corrected chi connectivity index (χ0v) is 11.6. The average molecular weight is 276 g/mol. The van der Waals surface area contributed by atoms with Crippen LogP contribution in [-0.4, -0.2) is 34.5 Å². The average Bonchev–Trinajstić information content (AvgIpc) is 2.25. The molecule has 110 valence electrons. The molecule has 0 fully saturated rings. The van der Waals surface area contributed by atoms with Crippen molar-refractivity contribution in [2.45, 2.75) is 39.7 Å². The van der Waals surface area contributed by atoms with Gasteiger partial charge in [-0.05, 0) is 19.3 Å². The van der Waals surface area contributed by atoms with Crippen molar-refractivity contribution >= 4 is 5.97 Å². The van der Waals surface area contributed by atoms with Crippen molar-refractivity contribution in [2.75, 3.05) is 13.2 Å². The van der Waals surface area contributed by atoms with Gasteiger partial charge in [-0.15, -0.1) is 0 Å². The lowest BCUT2D eigenvalue weighted by Gasteiger charge is -2.26. The van der Waals surface area contributed by atoms with Gasteiger partial charge in [-0.3, -0.25) is 20.2 Å². The first-order valence-electron chi connectivity index (χ1n) is 6.09. The summed E-state index contributed by atoms with van der Waals surface area (Å²) < 4.78 is 4.71. The predicted octanol–water partition coefficient (Wildman–Crippen LogP) is 1.52. The van der Waals surface area contributed by atoms with Crippen molar-refractivity contribution < 1.29 is 19.4 Å². The second-order valence-corrected chi connectivity index (χ2v) is 4.97. The van der Waals surface area contributed by atoms with Crippen LogP contribution in [0.1, 0.15) is 34.1 Å². The molecule has 0 spiro atoms. The molecule has 0 aromatic rings. The molecule has 0 rings (SSSR count). The van der Waals surface area contributed by atoms with Gasteiger partial charge < -0.3 is 4.74 Å². The van der Waals surface area contributed by atoms with E-state index in [2.05, 4.69) is 0 Å². The largest absolute Gasteiger partial charge is 0.461 e. The van der Waals surface area contributed by atoms with Crippen LogP contribution in [0.2, 0.25) is 0 Å². The molecule has 0 unspecified atom stereocenters. The molecule has 0 saturated carbocycles. The summed E-state index contributed by atoms with van der Waals surface area (Å²) in [6.45, 7) is 5.57. The Morgan fingerprint density at radius 1 is 1.32 bits per heavy atom. The number of carbonyl (C=O) groups is 1. The molecule has 0 radical (unpaired) electrons. The molecular formula is C11H20N2O6. The van der Waals surface area contributed by atoms with Gasteiger partial charge >= 0.3 is 11.5 Å². The van der Waals surface area contributed by atoms with Gasteiger partial charge in [0.2, 0.25) is 6.54 Å². The Morgan fingerprint density at radius 3 is 2.16 bits per heavy atom. The fraction of sp³-hybridized carbons (Fsp3) is 0.909. The van der Waals surface area contributed by atoms with E-state index in [4.69, 9.17) is 4.74 Å². The van der Waals surface area contributed by atoms with Crippen LogP contribution in [0.15, 0.2) is 0 Å². The Bertz CT molecular complexity index is 357. The number of rotatable bonds is 8. The lowest BCUT2D eigenvalue weighted by atomic mass is 9.80. The van der Waals surface area contributed by atoms with Gasteiger partial charge in [0.15, 0.2) is 0 Å². The van der Waals surface area contributed by atoms with Crippen molar-refractivity contribution in [3.05, 3.63) is 20.2 Å². The van der Waals surface area contributed by atoms with Crippen LogP contribution >= 0.6 is 0 Å². The normalized spacial score (nSPS) is 15.6. The number of hydrogen-bond donors (Lipinski definition) is 0. The van der Waals surface area contributed by atoms with Crippen LogP contribution in [0.25, 0.3) is 0 Å². The Balaban J connectivity index is 5.41. The third-order valence-corrected chi connectivity index (χ3v) is 2.99. The molecular weight excluding hydrogens is 256 g/mol. The lowest BCUT2D eigenvalue weighted by molar-refractivity contribution is -0.579. The Labute approximate surface area is 111 Å². The van der Waals surface area contributed by atoms with Crippen LogP contribution in [0.5, 0.6) is 0 Å². The molecule has 2 atom stereocenters. The van der Waals surface area contributed by atoms with Gasteiger partial charge in [-0.1, -0.05) is 13.8 Å². The topological polar surface area (TPSA) is 113 Å².